The molecule has 0 atom stereocenters. The van der Waals surface area contributed by atoms with Crippen molar-refractivity contribution in [2.75, 3.05) is 11.5 Å². The molecule has 1 aliphatic heterocycles. The Hall–Kier alpha value is -2.94. The highest BCUT2D eigenvalue weighted by molar-refractivity contribution is 7.99. The fourth-order valence-corrected chi connectivity index (χ4v) is 7.15. The molecule has 9 heteroatoms. The predicted molar refractivity (Wildman–Crippen MR) is 145 cm³/mol. The van der Waals surface area contributed by atoms with Crippen LogP contribution in [0.15, 0.2) is 34.0 Å². The molecule has 1 aliphatic carbocycles. The predicted octanol–water partition coefficient (Wildman–Crippen LogP) is 4.60. The Kier molecular flexibility index (Phi) is 7.25. The Labute approximate surface area is 219 Å². The molecular weight excluding hydrogens is 491 g/mol. The molecule has 196 valence electrons. The van der Waals surface area contributed by atoms with Crippen LogP contribution in [-0.2, 0) is 0 Å². The third-order valence-corrected chi connectivity index (χ3v) is 8.83. The number of halogens is 1. The SMILES string of the molecule is Cc1cc(C)c(C(=O)NC2CCC(n3c(=O)c4cc(F)cnc4n(C4CCSCC4)c3=O)CC2)c(C)c1. The van der Waals surface area contributed by atoms with Crippen LogP contribution in [0.5, 0.6) is 0 Å². The Morgan fingerprint density at radius 3 is 2.22 bits per heavy atom. The van der Waals surface area contributed by atoms with Crippen molar-refractivity contribution >= 4 is 28.7 Å². The maximum atomic E-state index is 14.1. The first kappa shape index (κ1) is 25.7. The van der Waals surface area contributed by atoms with Crippen LogP contribution >= 0.6 is 11.8 Å². The van der Waals surface area contributed by atoms with Crippen LogP contribution in [0.1, 0.15) is 77.7 Å². The maximum absolute atomic E-state index is 14.1. The van der Waals surface area contributed by atoms with Gasteiger partial charge in [0.25, 0.3) is 11.5 Å². The number of carbonyl (C=O) groups is 1. The molecule has 2 aliphatic rings. The van der Waals surface area contributed by atoms with Crippen molar-refractivity contribution in [3.8, 4) is 0 Å². The van der Waals surface area contributed by atoms with E-state index in [0.29, 0.717) is 31.2 Å². The number of hydrogen-bond acceptors (Lipinski definition) is 5. The second kappa shape index (κ2) is 10.4. The van der Waals surface area contributed by atoms with Gasteiger partial charge in [-0.05, 0) is 88.0 Å². The van der Waals surface area contributed by atoms with Crippen LogP contribution in [0, 0.1) is 26.6 Å². The van der Waals surface area contributed by atoms with E-state index in [1.54, 1.807) is 4.57 Å². The molecule has 3 aromatic rings. The molecule has 5 rings (SSSR count). The largest absolute Gasteiger partial charge is 0.349 e. The van der Waals surface area contributed by atoms with E-state index >= 15 is 0 Å². The summed E-state index contributed by atoms with van der Waals surface area (Å²) in [5.41, 5.74) is 3.18. The van der Waals surface area contributed by atoms with Gasteiger partial charge in [0.15, 0.2) is 0 Å². The molecule has 2 aromatic heterocycles. The summed E-state index contributed by atoms with van der Waals surface area (Å²) in [4.78, 5) is 44.4. The molecule has 0 radical (unpaired) electrons. The lowest BCUT2D eigenvalue weighted by Gasteiger charge is -2.32. The van der Waals surface area contributed by atoms with Gasteiger partial charge in [0.2, 0.25) is 0 Å². The van der Waals surface area contributed by atoms with Crippen LogP contribution in [0.25, 0.3) is 11.0 Å². The lowest BCUT2D eigenvalue weighted by atomic mass is 9.90. The Balaban J connectivity index is 1.41. The van der Waals surface area contributed by atoms with Gasteiger partial charge in [0.05, 0.1) is 11.6 Å². The highest BCUT2D eigenvalue weighted by Crippen LogP contribution is 2.30. The van der Waals surface area contributed by atoms with Crippen LogP contribution in [-0.4, -0.2) is 37.6 Å². The van der Waals surface area contributed by atoms with E-state index in [2.05, 4.69) is 10.3 Å². The van der Waals surface area contributed by atoms with Gasteiger partial charge in [0.1, 0.15) is 11.5 Å². The molecule has 2 fully saturated rings. The fourth-order valence-electron chi connectivity index (χ4n) is 6.07. The van der Waals surface area contributed by atoms with Gasteiger partial charge in [-0.15, -0.1) is 0 Å². The van der Waals surface area contributed by atoms with Crippen molar-refractivity contribution in [1.82, 2.24) is 19.4 Å². The van der Waals surface area contributed by atoms with Gasteiger partial charge in [-0.1, -0.05) is 17.7 Å². The summed E-state index contributed by atoms with van der Waals surface area (Å²) in [6.45, 7) is 5.92. The lowest BCUT2D eigenvalue weighted by molar-refractivity contribution is 0.0920. The van der Waals surface area contributed by atoms with E-state index in [9.17, 15) is 18.8 Å². The van der Waals surface area contributed by atoms with Crippen LogP contribution in [0.3, 0.4) is 0 Å². The Morgan fingerprint density at radius 1 is 0.946 bits per heavy atom. The molecule has 1 saturated heterocycles. The van der Waals surface area contributed by atoms with Gasteiger partial charge in [-0.3, -0.25) is 18.7 Å². The number of nitrogens with one attached hydrogen (secondary N) is 1. The number of aryl methyl sites for hydroxylation is 3. The first-order valence-corrected chi connectivity index (χ1v) is 14.2. The smallest absolute Gasteiger partial charge is 0.333 e. The van der Waals surface area contributed by atoms with Crippen molar-refractivity contribution in [1.29, 1.82) is 0 Å². The fraction of sp³-hybridized carbons (Fsp3) is 0.500. The molecule has 0 spiro atoms. The number of aromatic nitrogens is 3. The standard InChI is InChI=1S/C28H33FN4O3S/c1-16-12-17(2)24(18(3)13-16)26(34)31-20-4-6-21(7-5-20)33-27(35)23-14-19(29)15-30-25(23)32(28(33)36)22-8-10-37-11-9-22/h12-15,20-22H,4-11H2,1-3H3,(H,31,34). The number of carbonyl (C=O) groups excluding carboxylic acids is 1. The number of pyridine rings is 1. The van der Waals surface area contributed by atoms with Gasteiger partial charge < -0.3 is 5.32 Å². The molecule has 3 heterocycles. The van der Waals surface area contributed by atoms with E-state index in [1.807, 2.05) is 44.7 Å². The lowest BCUT2D eigenvalue weighted by Crippen LogP contribution is -2.46. The first-order chi connectivity index (χ1) is 17.7. The monoisotopic (exact) mass is 524 g/mol. The minimum Gasteiger partial charge on any atom is -0.349 e. The Morgan fingerprint density at radius 2 is 1.57 bits per heavy atom. The van der Waals surface area contributed by atoms with E-state index in [1.165, 1.54) is 10.6 Å². The van der Waals surface area contributed by atoms with Crippen molar-refractivity contribution in [3.05, 3.63) is 73.3 Å². The Bertz CT molecular complexity index is 1440. The summed E-state index contributed by atoms with van der Waals surface area (Å²) in [6.07, 6.45) is 5.19. The van der Waals surface area contributed by atoms with Crippen molar-refractivity contribution in [3.63, 3.8) is 0 Å². The summed E-state index contributed by atoms with van der Waals surface area (Å²) in [5, 5.41) is 3.32. The molecule has 1 saturated carbocycles. The van der Waals surface area contributed by atoms with Crippen LogP contribution < -0.4 is 16.6 Å². The number of fused-ring (bicyclic) bond motifs is 1. The van der Waals surface area contributed by atoms with E-state index in [0.717, 1.165) is 47.2 Å². The normalized spacial score (nSPS) is 20.8. The quantitative estimate of drug-likeness (QED) is 0.539. The zero-order chi connectivity index (χ0) is 26.3. The summed E-state index contributed by atoms with van der Waals surface area (Å²) in [6, 6.07) is 4.84. The van der Waals surface area contributed by atoms with Gasteiger partial charge in [0, 0.05) is 23.7 Å². The summed E-state index contributed by atoms with van der Waals surface area (Å²) < 4.78 is 17.1. The molecule has 1 amide bonds. The summed E-state index contributed by atoms with van der Waals surface area (Å²) >= 11 is 1.85. The number of amides is 1. The van der Waals surface area contributed by atoms with Crippen molar-refractivity contribution in [2.45, 2.75) is 77.4 Å². The summed E-state index contributed by atoms with van der Waals surface area (Å²) in [5.74, 6) is 1.20. The van der Waals surface area contributed by atoms with E-state index in [-0.39, 0.29) is 40.8 Å². The number of thioether (sulfide) groups is 1. The zero-order valence-electron chi connectivity index (χ0n) is 21.6. The maximum Gasteiger partial charge on any atom is 0.333 e. The van der Waals surface area contributed by atoms with Crippen LogP contribution in [0.4, 0.5) is 4.39 Å². The molecule has 37 heavy (non-hydrogen) atoms. The number of nitrogens with zero attached hydrogens (tertiary/aromatic N) is 3. The molecular formula is C28H33FN4O3S. The average Bonchev–Trinajstić information content (AvgIpc) is 2.85. The molecule has 1 N–H and O–H groups in total. The third-order valence-electron chi connectivity index (χ3n) is 7.78. The average molecular weight is 525 g/mol. The topological polar surface area (TPSA) is 86.0 Å². The highest BCUT2D eigenvalue weighted by atomic mass is 32.2. The van der Waals surface area contributed by atoms with Crippen LogP contribution in [0.2, 0.25) is 0 Å². The second-order valence-corrected chi connectivity index (χ2v) is 11.7. The third kappa shape index (κ3) is 4.98. The second-order valence-electron chi connectivity index (χ2n) is 10.4. The first-order valence-electron chi connectivity index (χ1n) is 13.0. The highest BCUT2D eigenvalue weighted by Gasteiger charge is 2.30. The van der Waals surface area contributed by atoms with Gasteiger partial charge in [-0.25, -0.2) is 14.2 Å². The van der Waals surface area contributed by atoms with E-state index in [4.69, 9.17) is 0 Å². The van der Waals surface area contributed by atoms with Crippen molar-refractivity contribution < 1.29 is 9.18 Å². The van der Waals surface area contributed by atoms with Crippen molar-refractivity contribution in [2.24, 2.45) is 0 Å². The summed E-state index contributed by atoms with van der Waals surface area (Å²) in [7, 11) is 0. The minimum absolute atomic E-state index is 0.0308. The van der Waals surface area contributed by atoms with Gasteiger partial charge >= 0.3 is 5.69 Å². The molecule has 1 aromatic carbocycles. The van der Waals surface area contributed by atoms with E-state index < -0.39 is 11.4 Å². The molecule has 7 nitrogen and oxygen atoms in total. The number of rotatable bonds is 4. The number of benzene rings is 1. The molecule has 0 unspecified atom stereocenters. The zero-order valence-corrected chi connectivity index (χ0v) is 22.4. The van der Waals surface area contributed by atoms with Gasteiger partial charge in [-0.2, -0.15) is 11.8 Å². The molecule has 0 bridgehead atoms. The number of hydrogen-bond donors (Lipinski definition) is 1. The minimum atomic E-state index is -0.589.